The normalized spacial score (nSPS) is 11.5. The van der Waals surface area contributed by atoms with E-state index < -0.39 is 0 Å². The highest BCUT2D eigenvalue weighted by Crippen LogP contribution is 2.18. The molecule has 0 aliphatic heterocycles. The van der Waals surface area contributed by atoms with E-state index in [1.807, 2.05) is 37.3 Å². The van der Waals surface area contributed by atoms with E-state index in [1.54, 1.807) is 0 Å². The minimum Gasteiger partial charge on any atom is -0.354 e. The highest BCUT2D eigenvalue weighted by Gasteiger charge is 2.17. The van der Waals surface area contributed by atoms with Crippen LogP contribution >= 0.6 is 12.4 Å². The van der Waals surface area contributed by atoms with Gasteiger partial charge in [0.1, 0.15) is 0 Å². The fourth-order valence-corrected chi connectivity index (χ4v) is 1.96. The molecule has 1 aromatic rings. The van der Waals surface area contributed by atoms with E-state index in [-0.39, 0.29) is 24.2 Å². The van der Waals surface area contributed by atoms with E-state index in [0.29, 0.717) is 6.54 Å². The summed E-state index contributed by atoms with van der Waals surface area (Å²) in [4.78, 5) is 12.1. The van der Waals surface area contributed by atoms with Crippen LogP contribution in [0.2, 0.25) is 0 Å². The molecule has 1 amide bonds. The van der Waals surface area contributed by atoms with Crippen molar-refractivity contribution in [3.63, 3.8) is 0 Å². The summed E-state index contributed by atoms with van der Waals surface area (Å²) in [5, 5.41) is 6.26. The first-order valence-electron chi connectivity index (χ1n) is 6.83. The molecule has 0 spiro atoms. The van der Waals surface area contributed by atoms with E-state index in [9.17, 15) is 4.79 Å². The number of nitrogens with one attached hydrogen (secondary N) is 2. The van der Waals surface area contributed by atoms with E-state index in [4.69, 9.17) is 0 Å². The van der Waals surface area contributed by atoms with Gasteiger partial charge in [-0.25, -0.2) is 0 Å². The molecule has 1 aromatic carbocycles. The predicted molar refractivity (Wildman–Crippen MR) is 82.9 cm³/mol. The van der Waals surface area contributed by atoms with Crippen LogP contribution in [0.4, 0.5) is 0 Å². The predicted octanol–water partition coefficient (Wildman–Crippen LogP) is 2.72. The SMILES string of the molecule is CCCNCCNC(=O)C(CC)c1ccccc1.Cl. The van der Waals surface area contributed by atoms with Gasteiger partial charge in [0.25, 0.3) is 0 Å². The molecule has 0 heterocycles. The number of hydrogen-bond donors (Lipinski definition) is 2. The first-order chi connectivity index (χ1) is 8.79. The van der Waals surface area contributed by atoms with Gasteiger partial charge >= 0.3 is 0 Å². The topological polar surface area (TPSA) is 41.1 Å². The standard InChI is InChI=1S/C15H24N2O.ClH/c1-3-10-16-11-12-17-15(18)14(4-2)13-8-6-5-7-9-13;/h5-9,14,16H,3-4,10-12H2,1-2H3,(H,17,18);1H. The number of hydrogen-bond acceptors (Lipinski definition) is 2. The van der Waals surface area contributed by atoms with Crippen LogP contribution in [-0.2, 0) is 4.79 Å². The molecule has 3 nitrogen and oxygen atoms in total. The fourth-order valence-electron chi connectivity index (χ4n) is 1.96. The molecule has 19 heavy (non-hydrogen) atoms. The van der Waals surface area contributed by atoms with Crippen molar-refractivity contribution in [3.05, 3.63) is 35.9 Å². The Hall–Kier alpha value is -1.06. The van der Waals surface area contributed by atoms with Gasteiger partial charge < -0.3 is 10.6 Å². The zero-order valence-electron chi connectivity index (χ0n) is 11.8. The number of carbonyl (C=O) groups is 1. The van der Waals surface area contributed by atoms with E-state index in [0.717, 1.165) is 31.5 Å². The molecule has 1 rings (SSSR count). The number of amides is 1. The monoisotopic (exact) mass is 284 g/mol. The molecule has 0 fully saturated rings. The molecule has 4 heteroatoms. The summed E-state index contributed by atoms with van der Waals surface area (Å²) < 4.78 is 0. The van der Waals surface area contributed by atoms with Gasteiger partial charge in [-0.05, 0) is 24.9 Å². The maximum absolute atomic E-state index is 12.1. The van der Waals surface area contributed by atoms with E-state index in [2.05, 4.69) is 17.6 Å². The van der Waals surface area contributed by atoms with Gasteiger partial charge in [-0.3, -0.25) is 4.79 Å². The van der Waals surface area contributed by atoms with Crippen molar-refractivity contribution in [3.8, 4) is 0 Å². The maximum Gasteiger partial charge on any atom is 0.227 e. The Bertz CT molecular complexity index is 343. The Balaban J connectivity index is 0.00000324. The van der Waals surface area contributed by atoms with Crippen molar-refractivity contribution in [2.75, 3.05) is 19.6 Å². The van der Waals surface area contributed by atoms with Gasteiger partial charge in [0.2, 0.25) is 5.91 Å². The van der Waals surface area contributed by atoms with Gasteiger partial charge in [-0.2, -0.15) is 0 Å². The first kappa shape index (κ1) is 17.9. The molecule has 0 saturated carbocycles. The minimum atomic E-state index is -0.0302. The Kier molecular flexibility index (Phi) is 10.2. The second kappa shape index (κ2) is 10.8. The summed E-state index contributed by atoms with van der Waals surface area (Å²) in [5.74, 6) is 0.0966. The summed E-state index contributed by atoms with van der Waals surface area (Å²) >= 11 is 0. The van der Waals surface area contributed by atoms with Gasteiger partial charge in [0.15, 0.2) is 0 Å². The Morgan fingerprint density at radius 3 is 2.37 bits per heavy atom. The third-order valence-corrected chi connectivity index (χ3v) is 2.95. The second-order valence-electron chi connectivity index (χ2n) is 4.41. The van der Waals surface area contributed by atoms with Crippen LogP contribution in [0.3, 0.4) is 0 Å². The Labute approximate surface area is 122 Å². The van der Waals surface area contributed by atoms with Crippen LogP contribution in [0.1, 0.15) is 38.2 Å². The summed E-state index contributed by atoms with van der Waals surface area (Å²) in [7, 11) is 0. The quantitative estimate of drug-likeness (QED) is 0.721. The Morgan fingerprint density at radius 1 is 1.11 bits per heavy atom. The van der Waals surface area contributed by atoms with Crippen LogP contribution in [0.5, 0.6) is 0 Å². The minimum absolute atomic E-state index is 0. The molecular formula is C15H25ClN2O. The highest BCUT2D eigenvalue weighted by atomic mass is 35.5. The average Bonchev–Trinajstić information content (AvgIpc) is 2.40. The number of carbonyl (C=O) groups excluding carboxylic acids is 1. The third-order valence-electron chi connectivity index (χ3n) is 2.95. The molecule has 108 valence electrons. The summed E-state index contributed by atoms with van der Waals surface area (Å²) in [6.07, 6.45) is 1.95. The third kappa shape index (κ3) is 6.60. The van der Waals surface area contributed by atoms with Gasteiger partial charge in [-0.15, -0.1) is 12.4 Å². The largest absolute Gasteiger partial charge is 0.354 e. The lowest BCUT2D eigenvalue weighted by molar-refractivity contribution is -0.122. The van der Waals surface area contributed by atoms with E-state index >= 15 is 0 Å². The van der Waals surface area contributed by atoms with Gasteiger partial charge in [0, 0.05) is 13.1 Å². The zero-order chi connectivity index (χ0) is 13.2. The van der Waals surface area contributed by atoms with Crippen LogP contribution in [0.15, 0.2) is 30.3 Å². The summed E-state index contributed by atoms with van der Waals surface area (Å²) in [5.41, 5.74) is 1.10. The molecule has 2 N–H and O–H groups in total. The fraction of sp³-hybridized carbons (Fsp3) is 0.533. The van der Waals surface area contributed by atoms with Gasteiger partial charge in [-0.1, -0.05) is 44.2 Å². The molecular weight excluding hydrogens is 260 g/mol. The highest BCUT2D eigenvalue weighted by molar-refractivity contribution is 5.85. The molecule has 1 atom stereocenters. The van der Waals surface area contributed by atoms with Gasteiger partial charge in [0.05, 0.1) is 5.92 Å². The van der Waals surface area contributed by atoms with Crippen molar-refractivity contribution in [1.29, 1.82) is 0 Å². The van der Waals surface area contributed by atoms with Crippen LogP contribution in [0, 0.1) is 0 Å². The Morgan fingerprint density at radius 2 is 1.79 bits per heavy atom. The lowest BCUT2D eigenvalue weighted by atomic mass is 9.96. The molecule has 1 unspecified atom stereocenters. The molecule has 0 aliphatic rings. The smallest absolute Gasteiger partial charge is 0.227 e. The molecule has 0 aromatic heterocycles. The molecule has 0 saturated heterocycles. The maximum atomic E-state index is 12.1. The summed E-state index contributed by atoms with van der Waals surface area (Å²) in [6.45, 7) is 6.72. The molecule has 0 radical (unpaired) electrons. The van der Waals surface area contributed by atoms with Crippen molar-refractivity contribution >= 4 is 18.3 Å². The number of rotatable bonds is 8. The van der Waals surface area contributed by atoms with E-state index in [1.165, 1.54) is 0 Å². The molecule has 0 bridgehead atoms. The lowest BCUT2D eigenvalue weighted by Crippen LogP contribution is -2.35. The first-order valence-corrected chi connectivity index (χ1v) is 6.83. The zero-order valence-corrected chi connectivity index (χ0v) is 12.6. The number of halogens is 1. The van der Waals surface area contributed by atoms with Crippen LogP contribution in [0.25, 0.3) is 0 Å². The van der Waals surface area contributed by atoms with Crippen molar-refractivity contribution in [2.45, 2.75) is 32.6 Å². The average molecular weight is 285 g/mol. The van der Waals surface area contributed by atoms with Crippen molar-refractivity contribution in [2.24, 2.45) is 0 Å². The number of benzene rings is 1. The van der Waals surface area contributed by atoms with Crippen LogP contribution < -0.4 is 10.6 Å². The second-order valence-corrected chi connectivity index (χ2v) is 4.41. The molecule has 0 aliphatic carbocycles. The van der Waals surface area contributed by atoms with Crippen molar-refractivity contribution < 1.29 is 4.79 Å². The van der Waals surface area contributed by atoms with Crippen LogP contribution in [-0.4, -0.2) is 25.5 Å². The lowest BCUT2D eigenvalue weighted by Gasteiger charge is -2.15. The summed E-state index contributed by atoms with van der Waals surface area (Å²) in [6, 6.07) is 9.97. The van der Waals surface area contributed by atoms with Crippen molar-refractivity contribution in [1.82, 2.24) is 10.6 Å².